The number of hydrogen-bond donors (Lipinski definition) is 1. The summed E-state index contributed by atoms with van der Waals surface area (Å²) in [6.07, 6.45) is 0. The van der Waals surface area contributed by atoms with Gasteiger partial charge in [-0.2, -0.15) is 5.10 Å². The second kappa shape index (κ2) is 8.30. The minimum absolute atomic E-state index is 0. The molecule has 0 unspecified atom stereocenters. The Morgan fingerprint density at radius 2 is 1.87 bits per heavy atom. The number of imidazole rings is 1. The molecule has 0 radical (unpaired) electrons. The Balaban J connectivity index is 0.00000256. The quantitative estimate of drug-likeness (QED) is 0.480. The van der Waals surface area contributed by atoms with Crippen molar-refractivity contribution in [1.29, 1.82) is 0 Å². The number of rotatable bonds is 3. The molecule has 0 saturated heterocycles. The fourth-order valence-corrected chi connectivity index (χ4v) is 3.82. The van der Waals surface area contributed by atoms with Crippen LogP contribution >= 0.6 is 11.6 Å². The molecule has 30 heavy (non-hydrogen) atoms. The van der Waals surface area contributed by atoms with Crippen LogP contribution in [0.4, 0.5) is 4.39 Å². The van der Waals surface area contributed by atoms with E-state index in [1.54, 1.807) is 28.9 Å². The van der Waals surface area contributed by atoms with Crippen molar-refractivity contribution in [2.75, 3.05) is 7.11 Å². The van der Waals surface area contributed by atoms with Crippen molar-refractivity contribution in [1.82, 2.24) is 24.7 Å². The van der Waals surface area contributed by atoms with Gasteiger partial charge in [-0.25, -0.2) is 14.4 Å². The van der Waals surface area contributed by atoms with Crippen LogP contribution < -0.4 is 4.74 Å². The molecule has 0 aliphatic rings. The fraction of sp³-hybridized carbons (Fsp3) is 0.286. The van der Waals surface area contributed by atoms with Crippen molar-refractivity contribution in [3.63, 3.8) is 0 Å². The molecule has 4 aromatic rings. The fourth-order valence-electron chi connectivity index (χ4n) is 3.28. The summed E-state index contributed by atoms with van der Waals surface area (Å²) in [7, 11) is 3.34. The number of halogens is 2. The Morgan fingerprint density at radius 1 is 1.17 bits per heavy atom. The number of hydrogen-bond acceptors (Lipinski definition) is 4. The van der Waals surface area contributed by atoms with Crippen LogP contribution in [0.1, 0.15) is 26.5 Å². The number of nitrogens with zero attached hydrogens (tertiary/aromatic N) is 4. The molecule has 0 saturated carbocycles. The number of aryl methyl sites for hydroxylation is 1. The van der Waals surface area contributed by atoms with Crippen LogP contribution in [-0.4, -0.2) is 61.4 Å². The molecule has 1 N–H and O–H groups in total. The van der Waals surface area contributed by atoms with Gasteiger partial charge in [-0.05, 0) is 18.2 Å². The summed E-state index contributed by atoms with van der Waals surface area (Å²) in [6.45, 7) is 6.16. The van der Waals surface area contributed by atoms with E-state index in [-0.39, 0.29) is 40.8 Å². The van der Waals surface area contributed by atoms with Crippen LogP contribution in [-0.2, 0) is 12.5 Å². The van der Waals surface area contributed by atoms with Crippen LogP contribution in [0.3, 0.4) is 0 Å². The van der Waals surface area contributed by atoms with Gasteiger partial charge in [0.05, 0.1) is 29.0 Å². The molecule has 6 nitrogen and oxygen atoms in total. The molecule has 0 bridgehead atoms. The molecule has 4 rings (SSSR count). The Bertz CT molecular complexity index is 1230. The van der Waals surface area contributed by atoms with Crippen LogP contribution in [0.2, 0.25) is 5.02 Å². The van der Waals surface area contributed by atoms with Gasteiger partial charge in [-0.1, -0.05) is 44.5 Å². The average molecular weight is 438 g/mol. The van der Waals surface area contributed by atoms with Gasteiger partial charge < -0.3 is 9.72 Å². The van der Waals surface area contributed by atoms with E-state index in [2.05, 4.69) is 40.8 Å². The molecule has 0 aliphatic heterocycles. The first kappa shape index (κ1) is 22.7. The molecule has 9 heteroatoms. The zero-order chi connectivity index (χ0) is 20.9. The third-order valence-corrected chi connectivity index (χ3v) is 5.07. The molecular weight excluding hydrogens is 416 g/mol. The monoisotopic (exact) mass is 437 g/mol. The standard InChI is InChI=1S/C21H21ClFN5O.Na.H/c1-21(2,3)18-15(22)17(28(4)27-18)19-24-14-10-13(11-8-6-7-9-12(11)23)25-20(29-5)16(14)26-19;;/h6-10H,1-5H3,(H,24,26);;. The Kier molecular flexibility index (Phi) is 6.30. The third kappa shape index (κ3) is 3.87. The number of ether oxygens (including phenoxy) is 1. The predicted octanol–water partition coefficient (Wildman–Crippen LogP) is 4.48. The topological polar surface area (TPSA) is 68.6 Å². The number of H-pyrrole nitrogens is 1. The molecule has 152 valence electrons. The van der Waals surface area contributed by atoms with Crippen LogP contribution in [0.25, 0.3) is 33.8 Å². The summed E-state index contributed by atoms with van der Waals surface area (Å²) in [5.41, 5.74) is 3.27. The first-order valence-corrected chi connectivity index (χ1v) is 9.51. The molecule has 1 aromatic carbocycles. The molecule has 0 fully saturated rings. The Hall–Kier alpha value is -1.93. The van der Waals surface area contributed by atoms with Crippen molar-refractivity contribution in [3.8, 4) is 28.7 Å². The minimum atomic E-state index is -0.360. The Labute approximate surface area is 201 Å². The SMILES string of the molecule is COc1nc(-c2ccccc2F)cc2nc(-c3c(Cl)c(C(C)(C)C)nn3C)[nH]c12.[NaH]. The van der Waals surface area contributed by atoms with E-state index in [1.807, 2.05) is 7.05 Å². The van der Waals surface area contributed by atoms with Crippen molar-refractivity contribution in [2.45, 2.75) is 26.2 Å². The average Bonchev–Trinajstić information content (AvgIpc) is 3.21. The van der Waals surface area contributed by atoms with Crippen molar-refractivity contribution in [3.05, 3.63) is 46.9 Å². The number of methoxy groups -OCH3 is 1. The summed E-state index contributed by atoms with van der Waals surface area (Å²) < 4.78 is 21.4. The number of pyridine rings is 1. The van der Waals surface area contributed by atoms with Gasteiger partial charge in [0, 0.05) is 18.0 Å². The molecule has 0 atom stereocenters. The summed E-state index contributed by atoms with van der Waals surface area (Å²) in [6, 6.07) is 8.19. The van der Waals surface area contributed by atoms with Gasteiger partial charge >= 0.3 is 29.6 Å². The second-order valence-corrected chi connectivity index (χ2v) is 8.24. The Morgan fingerprint density at radius 3 is 2.47 bits per heavy atom. The van der Waals surface area contributed by atoms with E-state index < -0.39 is 0 Å². The van der Waals surface area contributed by atoms with E-state index in [0.29, 0.717) is 44.7 Å². The van der Waals surface area contributed by atoms with Gasteiger partial charge in [-0.15, -0.1) is 0 Å². The molecule has 3 heterocycles. The van der Waals surface area contributed by atoms with Gasteiger partial charge in [0.1, 0.15) is 17.0 Å². The first-order valence-electron chi connectivity index (χ1n) is 9.13. The first-order chi connectivity index (χ1) is 13.7. The van der Waals surface area contributed by atoms with Crippen molar-refractivity contribution >= 4 is 52.2 Å². The number of aromatic amines is 1. The molecule has 0 aliphatic carbocycles. The van der Waals surface area contributed by atoms with Crippen molar-refractivity contribution in [2.24, 2.45) is 7.05 Å². The molecular formula is C21H22ClFN5NaO. The van der Waals surface area contributed by atoms with Gasteiger partial charge in [-0.3, -0.25) is 4.68 Å². The van der Waals surface area contributed by atoms with E-state index in [1.165, 1.54) is 13.2 Å². The van der Waals surface area contributed by atoms with Crippen LogP contribution in [0.5, 0.6) is 5.88 Å². The second-order valence-electron chi connectivity index (χ2n) is 7.86. The normalized spacial score (nSPS) is 11.6. The molecule has 0 amide bonds. The van der Waals surface area contributed by atoms with E-state index in [4.69, 9.17) is 16.3 Å². The van der Waals surface area contributed by atoms with Gasteiger partial charge in [0.15, 0.2) is 5.82 Å². The number of benzene rings is 1. The summed E-state index contributed by atoms with van der Waals surface area (Å²) in [5, 5.41) is 5.12. The predicted molar refractivity (Wildman–Crippen MR) is 119 cm³/mol. The third-order valence-electron chi connectivity index (χ3n) is 4.71. The molecule has 3 aromatic heterocycles. The number of nitrogens with one attached hydrogen (secondary N) is 1. The maximum atomic E-state index is 14.3. The maximum absolute atomic E-state index is 14.3. The van der Waals surface area contributed by atoms with E-state index >= 15 is 0 Å². The van der Waals surface area contributed by atoms with Crippen molar-refractivity contribution < 1.29 is 9.13 Å². The van der Waals surface area contributed by atoms with E-state index in [9.17, 15) is 4.39 Å². The number of fused-ring (bicyclic) bond motifs is 1. The van der Waals surface area contributed by atoms with Gasteiger partial charge in [0.25, 0.3) is 0 Å². The van der Waals surface area contributed by atoms with E-state index in [0.717, 1.165) is 5.69 Å². The zero-order valence-corrected chi connectivity index (χ0v) is 17.6. The number of aromatic nitrogens is 5. The summed E-state index contributed by atoms with van der Waals surface area (Å²) >= 11 is 6.66. The van der Waals surface area contributed by atoms with Gasteiger partial charge in [0.2, 0.25) is 5.88 Å². The zero-order valence-electron chi connectivity index (χ0n) is 16.8. The molecule has 0 spiro atoms. The summed E-state index contributed by atoms with van der Waals surface area (Å²) in [4.78, 5) is 12.4. The van der Waals surface area contributed by atoms with Crippen LogP contribution in [0.15, 0.2) is 30.3 Å². The van der Waals surface area contributed by atoms with Crippen LogP contribution in [0, 0.1) is 5.82 Å². The summed E-state index contributed by atoms with van der Waals surface area (Å²) in [5.74, 6) is 0.511.